The van der Waals surface area contributed by atoms with Gasteiger partial charge in [-0.25, -0.2) is 0 Å². The van der Waals surface area contributed by atoms with Crippen LogP contribution in [0.5, 0.6) is 0 Å². The second-order valence-corrected chi connectivity index (χ2v) is 4.98. The number of methoxy groups -OCH3 is 1. The van der Waals surface area contributed by atoms with Crippen molar-refractivity contribution in [3.63, 3.8) is 0 Å². The fraction of sp³-hybridized carbons (Fsp3) is 0.625. The molecule has 2 N–H and O–H groups in total. The minimum atomic E-state index is 0.768. The van der Waals surface area contributed by atoms with Gasteiger partial charge in [0.15, 0.2) is 0 Å². The van der Waals surface area contributed by atoms with E-state index in [0.29, 0.717) is 0 Å². The predicted octanol–water partition coefficient (Wildman–Crippen LogP) is 2.53. The van der Waals surface area contributed by atoms with Gasteiger partial charge in [-0.05, 0) is 37.1 Å². The molecule has 0 fully saturated rings. The molecule has 0 aromatic heterocycles. The highest BCUT2D eigenvalue weighted by atomic mass is 16.5. The smallest absolute Gasteiger partial charge is 0.0593 e. The minimum absolute atomic E-state index is 0.768. The topological polar surface area (TPSA) is 47.7 Å². The van der Waals surface area contributed by atoms with Crippen molar-refractivity contribution in [2.75, 3.05) is 45.8 Å². The molecule has 4 nitrogen and oxygen atoms in total. The maximum Gasteiger partial charge on any atom is 0.0593 e. The zero-order valence-corrected chi connectivity index (χ0v) is 12.8. The van der Waals surface area contributed by atoms with Gasteiger partial charge in [0.05, 0.1) is 6.61 Å². The van der Waals surface area contributed by atoms with Gasteiger partial charge in [0, 0.05) is 39.1 Å². The number of benzene rings is 1. The average Bonchev–Trinajstić information content (AvgIpc) is 2.45. The van der Waals surface area contributed by atoms with Crippen LogP contribution in [0.3, 0.4) is 0 Å². The standard InChI is InChI=1S/C16H28N2O2/c1-3-9-18(10-13-20-12-4-11-19-2)14-15-5-7-16(17)8-6-15/h5-8H,3-4,9-14,17H2,1-2H3. The normalized spacial score (nSPS) is 11.2. The first-order valence-electron chi connectivity index (χ1n) is 7.39. The summed E-state index contributed by atoms with van der Waals surface area (Å²) in [5.74, 6) is 0. The summed E-state index contributed by atoms with van der Waals surface area (Å²) in [5.41, 5.74) is 7.83. The second kappa shape index (κ2) is 10.7. The summed E-state index contributed by atoms with van der Waals surface area (Å²) >= 11 is 0. The molecule has 0 spiro atoms. The summed E-state index contributed by atoms with van der Waals surface area (Å²) in [7, 11) is 1.72. The lowest BCUT2D eigenvalue weighted by Crippen LogP contribution is -2.28. The monoisotopic (exact) mass is 280 g/mol. The fourth-order valence-electron chi connectivity index (χ4n) is 2.07. The van der Waals surface area contributed by atoms with E-state index in [0.717, 1.165) is 58.0 Å². The van der Waals surface area contributed by atoms with Crippen LogP contribution < -0.4 is 5.73 Å². The summed E-state index contributed by atoms with van der Waals surface area (Å²) < 4.78 is 10.6. The number of hydrogen-bond acceptors (Lipinski definition) is 4. The van der Waals surface area contributed by atoms with Gasteiger partial charge in [-0.1, -0.05) is 19.1 Å². The summed E-state index contributed by atoms with van der Waals surface area (Å²) in [6.45, 7) is 7.53. The lowest BCUT2D eigenvalue weighted by atomic mass is 10.2. The van der Waals surface area contributed by atoms with E-state index in [2.05, 4.69) is 24.0 Å². The number of nitrogens with two attached hydrogens (primary N) is 1. The Morgan fingerprint density at radius 3 is 2.45 bits per heavy atom. The third kappa shape index (κ3) is 7.48. The molecule has 0 amide bonds. The van der Waals surface area contributed by atoms with Gasteiger partial charge < -0.3 is 15.2 Å². The Labute approximate surface area is 122 Å². The third-order valence-electron chi connectivity index (χ3n) is 3.11. The third-order valence-corrected chi connectivity index (χ3v) is 3.11. The predicted molar refractivity (Wildman–Crippen MR) is 83.7 cm³/mol. The number of nitrogens with zero attached hydrogens (tertiary/aromatic N) is 1. The Bertz CT molecular complexity index is 341. The van der Waals surface area contributed by atoms with E-state index in [1.54, 1.807) is 7.11 Å². The average molecular weight is 280 g/mol. The first kappa shape index (κ1) is 17.0. The number of nitrogen functional groups attached to an aromatic ring is 1. The molecule has 0 saturated carbocycles. The van der Waals surface area contributed by atoms with Crippen LogP contribution in [0.1, 0.15) is 25.3 Å². The van der Waals surface area contributed by atoms with Gasteiger partial charge in [-0.2, -0.15) is 0 Å². The molecule has 114 valence electrons. The molecule has 0 saturated heterocycles. The van der Waals surface area contributed by atoms with Crippen LogP contribution in [0.15, 0.2) is 24.3 Å². The van der Waals surface area contributed by atoms with Crippen molar-refractivity contribution in [3.05, 3.63) is 29.8 Å². The van der Waals surface area contributed by atoms with Crippen molar-refractivity contribution in [1.29, 1.82) is 0 Å². The molecule has 0 heterocycles. The summed E-state index contributed by atoms with van der Waals surface area (Å²) in [6, 6.07) is 8.11. The van der Waals surface area contributed by atoms with Crippen LogP contribution >= 0.6 is 0 Å². The van der Waals surface area contributed by atoms with E-state index in [9.17, 15) is 0 Å². The van der Waals surface area contributed by atoms with E-state index >= 15 is 0 Å². The quantitative estimate of drug-likeness (QED) is 0.500. The van der Waals surface area contributed by atoms with Crippen LogP contribution in [-0.2, 0) is 16.0 Å². The van der Waals surface area contributed by atoms with Crippen LogP contribution in [-0.4, -0.2) is 44.9 Å². The summed E-state index contributed by atoms with van der Waals surface area (Å²) in [4.78, 5) is 2.42. The van der Waals surface area contributed by atoms with Gasteiger partial charge in [-0.3, -0.25) is 4.90 Å². The molecular formula is C16H28N2O2. The fourth-order valence-corrected chi connectivity index (χ4v) is 2.07. The molecule has 0 unspecified atom stereocenters. The Morgan fingerprint density at radius 1 is 1.05 bits per heavy atom. The lowest BCUT2D eigenvalue weighted by Gasteiger charge is -2.21. The lowest BCUT2D eigenvalue weighted by molar-refractivity contribution is 0.0820. The minimum Gasteiger partial charge on any atom is -0.399 e. The summed E-state index contributed by atoms with van der Waals surface area (Å²) in [6.07, 6.45) is 2.11. The molecular weight excluding hydrogens is 252 g/mol. The molecule has 1 aromatic rings. The van der Waals surface area contributed by atoms with E-state index in [1.807, 2.05) is 12.1 Å². The molecule has 0 aliphatic carbocycles. The SMILES string of the molecule is CCCN(CCOCCCOC)Cc1ccc(N)cc1. The molecule has 20 heavy (non-hydrogen) atoms. The van der Waals surface area contributed by atoms with Gasteiger partial charge >= 0.3 is 0 Å². The highest BCUT2D eigenvalue weighted by molar-refractivity contribution is 5.39. The van der Waals surface area contributed by atoms with Crippen LogP contribution in [0, 0.1) is 0 Å². The number of anilines is 1. The maximum atomic E-state index is 5.71. The Balaban J connectivity index is 2.27. The zero-order valence-electron chi connectivity index (χ0n) is 12.8. The van der Waals surface area contributed by atoms with Crippen molar-refractivity contribution in [2.24, 2.45) is 0 Å². The molecule has 0 bridgehead atoms. The van der Waals surface area contributed by atoms with Gasteiger partial charge in [0.2, 0.25) is 0 Å². The van der Waals surface area contributed by atoms with E-state index in [4.69, 9.17) is 15.2 Å². The molecule has 0 aliphatic heterocycles. The highest BCUT2D eigenvalue weighted by Crippen LogP contribution is 2.09. The second-order valence-electron chi connectivity index (χ2n) is 4.98. The van der Waals surface area contributed by atoms with Crippen molar-refractivity contribution in [2.45, 2.75) is 26.3 Å². The van der Waals surface area contributed by atoms with Gasteiger partial charge in [0.1, 0.15) is 0 Å². The molecule has 0 atom stereocenters. The van der Waals surface area contributed by atoms with Crippen molar-refractivity contribution >= 4 is 5.69 Å². The first-order chi connectivity index (χ1) is 9.76. The molecule has 1 aromatic carbocycles. The van der Waals surface area contributed by atoms with Crippen molar-refractivity contribution in [1.82, 2.24) is 4.90 Å². The van der Waals surface area contributed by atoms with Gasteiger partial charge in [0.25, 0.3) is 0 Å². The number of ether oxygens (including phenoxy) is 2. The highest BCUT2D eigenvalue weighted by Gasteiger charge is 2.05. The van der Waals surface area contributed by atoms with Gasteiger partial charge in [-0.15, -0.1) is 0 Å². The molecule has 0 aliphatic rings. The van der Waals surface area contributed by atoms with E-state index in [1.165, 1.54) is 5.56 Å². The number of rotatable bonds is 11. The Hall–Kier alpha value is -1.10. The Morgan fingerprint density at radius 2 is 1.80 bits per heavy atom. The molecule has 1 rings (SSSR count). The largest absolute Gasteiger partial charge is 0.399 e. The van der Waals surface area contributed by atoms with Crippen molar-refractivity contribution in [3.8, 4) is 0 Å². The zero-order chi connectivity index (χ0) is 14.6. The molecule has 0 radical (unpaired) electrons. The summed E-state index contributed by atoms with van der Waals surface area (Å²) in [5, 5.41) is 0. The van der Waals surface area contributed by atoms with E-state index < -0.39 is 0 Å². The maximum absolute atomic E-state index is 5.71. The van der Waals surface area contributed by atoms with Crippen LogP contribution in [0.2, 0.25) is 0 Å². The molecule has 4 heteroatoms. The van der Waals surface area contributed by atoms with Crippen LogP contribution in [0.4, 0.5) is 5.69 Å². The Kier molecular flexibility index (Phi) is 9.04. The van der Waals surface area contributed by atoms with Crippen molar-refractivity contribution < 1.29 is 9.47 Å². The first-order valence-corrected chi connectivity index (χ1v) is 7.39. The number of hydrogen-bond donors (Lipinski definition) is 1. The van der Waals surface area contributed by atoms with E-state index in [-0.39, 0.29) is 0 Å². The van der Waals surface area contributed by atoms with Crippen LogP contribution in [0.25, 0.3) is 0 Å².